The van der Waals surface area contributed by atoms with Crippen LogP contribution in [0.15, 0.2) is 36.5 Å². The number of unbranched alkanes of at least 4 members (excludes halogenated alkanes) is 2. The molecule has 0 atom stereocenters. The standard InChI is InChI=1S/C17H25N3O/c18-11-5-1-2-9-17(21)19-12-6-13-20-14-10-15-7-3-4-8-16(15)20/h3-4,7-8,10,14H,1-2,5-6,9,11-13,18H2,(H,19,21). The van der Waals surface area contributed by atoms with Crippen molar-refractivity contribution in [2.45, 2.75) is 38.6 Å². The van der Waals surface area contributed by atoms with Crippen LogP contribution < -0.4 is 11.1 Å². The minimum atomic E-state index is 0.157. The molecule has 21 heavy (non-hydrogen) atoms. The van der Waals surface area contributed by atoms with Gasteiger partial charge in [-0.1, -0.05) is 24.6 Å². The molecular formula is C17H25N3O. The molecule has 0 bridgehead atoms. The molecule has 0 aliphatic carbocycles. The van der Waals surface area contributed by atoms with Crippen LogP contribution in [-0.2, 0) is 11.3 Å². The zero-order valence-corrected chi connectivity index (χ0v) is 12.6. The van der Waals surface area contributed by atoms with Crippen molar-refractivity contribution < 1.29 is 4.79 Å². The van der Waals surface area contributed by atoms with E-state index in [0.717, 1.165) is 38.8 Å². The average molecular weight is 287 g/mol. The Balaban J connectivity index is 1.64. The van der Waals surface area contributed by atoms with Gasteiger partial charge < -0.3 is 15.6 Å². The van der Waals surface area contributed by atoms with Crippen molar-refractivity contribution in [2.75, 3.05) is 13.1 Å². The highest BCUT2D eigenvalue weighted by atomic mass is 16.1. The maximum Gasteiger partial charge on any atom is 0.219 e. The number of fused-ring (bicyclic) bond motifs is 1. The van der Waals surface area contributed by atoms with Crippen molar-refractivity contribution in [1.29, 1.82) is 0 Å². The predicted molar refractivity (Wildman–Crippen MR) is 87.1 cm³/mol. The molecule has 1 amide bonds. The third-order valence-electron chi connectivity index (χ3n) is 3.69. The summed E-state index contributed by atoms with van der Waals surface area (Å²) >= 11 is 0. The molecule has 0 fully saturated rings. The van der Waals surface area contributed by atoms with Gasteiger partial charge in [0.25, 0.3) is 0 Å². The van der Waals surface area contributed by atoms with Gasteiger partial charge >= 0.3 is 0 Å². The van der Waals surface area contributed by atoms with Crippen molar-refractivity contribution >= 4 is 16.8 Å². The van der Waals surface area contributed by atoms with E-state index < -0.39 is 0 Å². The van der Waals surface area contributed by atoms with Gasteiger partial charge in [-0.15, -0.1) is 0 Å². The lowest BCUT2D eigenvalue weighted by molar-refractivity contribution is -0.121. The summed E-state index contributed by atoms with van der Waals surface area (Å²) in [5.41, 5.74) is 6.68. The van der Waals surface area contributed by atoms with E-state index in [1.165, 1.54) is 10.9 Å². The summed E-state index contributed by atoms with van der Waals surface area (Å²) < 4.78 is 2.24. The van der Waals surface area contributed by atoms with E-state index in [-0.39, 0.29) is 5.91 Å². The molecule has 0 saturated carbocycles. The van der Waals surface area contributed by atoms with Crippen LogP contribution in [0, 0.1) is 0 Å². The molecule has 0 aliphatic rings. The summed E-state index contributed by atoms with van der Waals surface area (Å²) in [5.74, 6) is 0.157. The normalized spacial score (nSPS) is 10.9. The Morgan fingerprint density at radius 1 is 1.10 bits per heavy atom. The van der Waals surface area contributed by atoms with Crippen LogP contribution in [-0.4, -0.2) is 23.6 Å². The fourth-order valence-electron chi connectivity index (χ4n) is 2.51. The van der Waals surface area contributed by atoms with Crippen LogP contribution in [0.4, 0.5) is 0 Å². The highest BCUT2D eigenvalue weighted by Crippen LogP contribution is 2.15. The SMILES string of the molecule is NCCCCCC(=O)NCCCn1ccc2ccccc21. The van der Waals surface area contributed by atoms with Gasteiger partial charge in [-0.05, 0) is 43.3 Å². The lowest BCUT2D eigenvalue weighted by Crippen LogP contribution is -2.24. The Morgan fingerprint density at radius 3 is 2.81 bits per heavy atom. The van der Waals surface area contributed by atoms with Gasteiger partial charge in [0.05, 0.1) is 0 Å². The average Bonchev–Trinajstić information content (AvgIpc) is 2.91. The Kier molecular flexibility index (Phi) is 6.28. The van der Waals surface area contributed by atoms with Gasteiger partial charge in [0.2, 0.25) is 5.91 Å². The first-order valence-corrected chi connectivity index (χ1v) is 7.82. The Morgan fingerprint density at radius 2 is 1.95 bits per heavy atom. The molecule has 0 saturated heterocycles. The molecule has 0 aliphatic heterocycles. The Hall–Kier alpha value is -1.81. The molecular weight excluding hydrogens is 262 g/mol. The quantitative estimate of drug-likeness (QED) is 0.697. The second-order valence-electron chi connectivity index (χ2n) is 5.37. The Labute approximate surface area is 126 Å². The van der Waals surface area contributed by atoms with Gasteiger partial charge in [-0.3, -0.25) is 4.79 Å². The van der Waals surface area contributed by atoms with Gasteiger partial charge in [0, 0.05) is 31.2 Å². The molecule has 1 aromatic heterocycles. The van der Waals surface area contributed by atoms with E-state index >= 15 is 0 Å². The first-order valence-electron chi connectivity index (χ1n) is 7.82. The summed E-state index contributed by atoms with van der Waals surface area (Å²) in [6.45, 7) is 2.38. The van der Waals surface area contributed by atoms with Crippen molar-refractivity contribution in [1.82, 2.24) is 9.88 Å². The molecule has 0 radical (unpaired) electrons. The zero-order chi connectivity index (χ0) is 14.9. The van der Waals surface area contributed by atoms with Gasteiger partial charge in [0.1, 0.15) is 0 Å². The molecule has 4 heteroatoms. The number of nitrogens with zero attached hydrogens (tertiary/aromatic N) is 1. The molecule has 1 aromatic carbocycles. The maximum atomic E-state index is 11.6. The van der Waals surface area contributed by atoms with E-state index in [1.54, 1.807) is 0 Å². The first kappa shape index (κ1) is 15.6. The first-order chi connectivity index (χ1) is 10.3. The molecule has 3 N–H and O–H groups in total. The summed E-state index contributed by atoms with van der Waals surface area (Å²) in [7, 11) is 0. The van der Waals surface area contributed by atoms with Crippen molar-refractivity contribution in [3.8, 4) is 0 Å². The number of carbonyl (C=O) groups excluding carboxylic acids is 1. The smallest absolute Gasteiger partial charge is 0.219 e. The number of carbonyl (C=O) groups is 1. The molecule has 114 valence electrons. The number of hydrogen-bond acceptors (Lipinski definition) is 2. The third-order valence-corrected chi connectivity index (χ3v) is 3.69. The minimum absolute atomic E-state index is 0.157. The highest BCUT2D eigenvalue weighted by Gasteiger charge is 2.02. The van der Waals surface area contributed by atoms with Crippen LogP contribution in [0.2, 0.25) is 0 Å². The second kappa shape index (κ2) is 8.47. The van der Waals surface area contributed by atoms with E-state index in [0.29, 0.717) is 13.0 Å². The predicted octanol–water partition coefficient (Wildman–Crippen LogP) is 2.67. The topological polar surface area (TPSA) is 60.1 Å². The number of aromatic nitrogens is 1. The fraction of sp³-hybridized carbons (Fsp3) is 0.471. The number of rotatable bonds is 9. The molecule has 0 unspecified atom stereocenters. The monoisotopic (exact) mass is 287 g/mol. The van der Waals surface area contributed by atoms with Gasteiger partial charge in [-0.2, -0.15) is 0 Å². The summed E-state index contributed by atoms with van der Waals surface area (Å²) in [4.78, 5) is 11.6. The van der Waals surface area contributed by atoms with E-state index in [2.05, 4.69) is 46.4 Å². The van der Waals surface area contributed by atoms with Crippen molar-refractivity contribution in [3.63, 3.8) is 0 Å². The summed E-state index contributed by atoms with van der Waals surface area (Å²) in [5, 5.41) is 4.25. The number of para-hydroxylation sites is 1. The van der Waals surface area contributed by atoms with Crippen LogP contribution in [0.25, 0.3) is 10.9 Å². The number of benzene rings is 1. The summed E-state index contributed by atoms with van der Waals surface area (Å²) in [6.07, 6.45) is 6.66. The van der Waals surface area contributed by atoms with Gasteiger partial charge in [0.15, 0.2) is 0 Å². The lowest BCUT2D eigenvalue weighted by Gasteiger charge is -2.07. The molecule has 4 nitrogen and oxygen atoms in total. The van der Waals surface area contributed by atoms with Gasteiger partial charge in [-0.25, -0.2) is 0 Å². The fourth-order valence-corrected chi connectivity index (χ4v) is 2.51. The zero-order valence-electron chi connectivity index (χ0n) is 12.6. The van der Waals surface area contributed by atoms with Crippen LogP contribution >= 0.6 is 0 Å². The van der Waals surface area contributed by atoms with Crippen LogP contribution in [0.5, 0.6) is 0 Å². The largest absolute Gasteiger partial charge is 0.356 e. The minimum Gasteiger partial charge on any atom is -0.356 e. The Bertz CT molecular complexity index is 562. The number of aryl methyl sites for hydroxylation is 1. The number of nitrogens with one attached hydrogen (secondary N) is 1. The van der Waals surface area contributed by atoms with Crippen molar-refractivity contribution in [2.24, 2.45) is 5.73 Å². The van der Waals surface area contributed by atoms with E-state index in [9.17, 15) is 4.79 Å². The van der Waals surface area contributed by atoms with E-state index in [1.807, 2.05) is 0 Å². The number of hydrogen-bond donors (Lipinski definition) is 2. The summed E-state index contributed by atoms with van der Waals surface area (Å²) in [6, 6.07) is 10.5. The maximum absolute atomic E-state index is 11.6. The molecule has 2 rings (SSSR count). The third kappa shape index (κ3) is 4.90. The van der Waals surface area contributed by atoms with E-state index in [4.69, 9.17) is 5.73 Å². The second-order valence-corrected chi connectivity index (χ2v) is 5.37. The highest BCUT2D eigenvalue weighted by molar-refractivity contribution is 5.79. The number of nitrogens with two attached hydrogens (primary N) is 1. The molecule has 2 aromatic rings. The number of amides is 1. The van der Waals surface area contributed by atoms with Crippen molar-refractivity contribution in [3.05, 3.63) is 36.5 Å². The lowest BCUT2D eigenvalue weighted by atomic mass is 10.2. The molecule has 1 heterocycles. The molecule has 0 spiro atoms. The van der Waals surface area contributed by atoms with Crippen LogP contribution in [0.3, 0.4) is 0 Å². The van der Waals surface area contributed by atoms with Crippen LogP contribution in [0.1, 0.15) is 32.1 Å².